The van der Waals surface area contributed by atoms with E-state index in [2.05, 4.69) is 5.10 Å². The maximum atomic E-state index is 14.4. The lowest BCUT2D eigenvalue weighted by molar-refractivity contribution is -0.149. The van der Waals surface area contributed by atoms with Crippen LogP contribution in [0.25, 0.3) is 0 Å². The van der Waals surface area contributed by atoms with Crippen molar-refractivity contribution in [3.63, 3.8) is 0 Å². The number of carboxylic acid groups (broad SMARTS) is 1. The molecule has 1 amide bonds. The Hall–Kier alpha value is -2.53. The van der Waals surface area contributed by atoms with Crippen LogP contribution in [0.2, 0.25) is 10.0 Å². The molecule has 1 aliphatic carbocycles. The fraction of sp³-hybridized carbons (Fsp3) is 0.615. The first-order valence-electron chi connectivity index (χ1n) is 12.6. The summed E-state index contributed by atoms with van der Waals surface area (Å²) in [5, 5.41) is 13.5. The van der Waals surface area contributed by atoms with Crippen LogP contribution in [0, 0.1) is 17.3 Å². The van der Waals surface area contributed by atoms with Crippen molar-refractivity contribution >= 4 is 35.1 Å². The van der Waals surface area contributed by atoms with E-state index in [-0.39, 0.29) is 54.7 Å². The van der Waals surface area contributed by atoms with Gasteiger partial charge in [-0.3, -0.25) is 19.1 Å². The summed E-state index contributed by atoms with van der Waals surface area (Å²) in [6, 6.07) is -0.692. The summed E-state index contributed by atoms with van der Waals surface area (Å²) in [5.74, 6) is -2.81. The van der Waals surface area contributed by atoms with Crippen molar-refractivity contribution < 1.29 is 27.9 Å². The Labute approximate surface area is 234 Å². The Morgan fingerprint density at radius 1 is 1.21 bits per heavy atom. The largest absolute Gasteiger partial charge is 0.481 e. The molecule has 2 aromatic heterocycles. The highest BCUT2D eigenvalue weighted by molar-refractivity contribution is 6.35. The molecule has 216 valence electrons. The van der Waals surface area contributed by atoms with Crippen LogP contribution in [0.3, 0.4) is 0 Å². The van der Waals surface area contributed by atoms with Crippen molar-refractivity contribution in [1.82, 2.24) is 19.2 Å². The maximum Gasteiger partial charge on any atom is 0.433 e. The third-order valence-corrected chi connectivity index (χ3v) is 7.77. The van der Waals surface area contributed by atoms with Crippen molar-refractivity contribution in [3.8, 4) is 0 Å². The van der Waals surface area contributed by atoms with E-state index in [1.807, 2.05) is 20.8 Å². The van der Waals surface area contributed by atoms with E-state index in [4.69, 9.17) is 23.2 Å². The molecule has 3 rings (SSSR count). The number of alkyl halides is 3. The lowest BCUT2D eigenvalue weighted by Gasteiger charge is -2.33. The van der Waals surface area contributed by atoms with Crippen molar-refractivity contribution in [1.29, 1.82) is 0 Å². The Morgan fingerprint density at radius 2 is 1.85 bits per heavy atom. The Bertz CT molecular complexity index is 1300. The number of carboxylic acids is 1. The van der Waals surface area contributed by atoms with Gasteiger partial charge in [0.25, 0.3) is 11.5 Å². The van der Waals surface area contributed by atoms with E-state index in [1.54, 1.807) is 6.92 Å². The molecule has 0 spiro atoms. The Kier molecular flexibility index (Phi) is 9.16. The molecule has 1 fully saturated rings. The topological polar surface area (TPSA) is 97.4 Å². The van der Waals surface area contributed by atoms with Gasteiger partial charge in [0.15, 0.2) is 5.69 Å². The highest BCUT2D eigenvalue weighted by Crippen LogP contribution is 2.41. The number of aliphatic carboxylic acids is 1. The molecule has 3 atom stereocenters. The van der Waals surface area contributed by atoms with Gasteiger partial charge in [-0.25, -0.2) is 0 Å². The van der Waals surface area contributed by atoms with Gasteiger partial charge < -0.3 is 14.6 Å². The second kappa shape index (κ2) is 11.5. The van der Waals surface area contributed by atoms with Crippen LogP contribution in [0.5, 0.6) is 0 Å². The summed E-state index contributed by atoms with van der Waals surface area (Å²) in [4.78, 5) is 38.7. The zero-order valence-corrected chi connectivity index (χ0v) is 24.0. The van der Waals surface area contributed by atoms with Gasteiger partial charge in [0.05, 0.1) is 28.7 Å². The number of pyridine rings is 1. The van der Waals surface area contributed by atoms with Crippen LogP contribution < -0.4 is 5.56 Å². The first kappa shape index (κ1) is 31.0. The molecule has 1 aliphatic rings. The molecule has 13 heteroatoms. The number of hydrogen-bond acceptors (Lipinski definition) is 4. The lowest BCUT2D eigenvalue weighted by atomic mass is 9.78. The molecule has 8 nitrogen and oxygen atoms in total. The van der Waals surface area contributed by atoms with Crippen LogP contribution in [-0.4, -0.2) is 49.3 Å². The number of halogens is 5. The maximum absolute atomic E-state index is 14.4. The minimum atomic E-state index is -4.87. The van der Waals surface area contributed by atoms with Gasteiger partial charge in [0, 0.05) is 26.3 Å². The summed E-state index contributed by atoms with van der Waals surface area (Å²) in [6.07, 6.45) is -1.87. The Morgan fingerprint density at radius 3 is 2.38 bits per heavy atom. The molecule has 0 bridgehead atoms. The average molecular weight is 593 g/mol. The van der Waals surface area contributed by atoms with E-state index in [1.165, 1.54) is 22.7 Å². The Balaban J connectivity index is 1.97. The molecule has 0 unspecified atom stereocenters. The van der Waals surface area contributed by atoms with E-state index in [9.17, 15) is 32.7 Å². The number of nitrogens with zero attached hydrogens (tertiary/aromatic N) is 4. The molecule has 1 saturated carbocycles. The second-order valence-corrected chi connectivity index (χ2v) is 12.2. The molecule has 2 heterocycles. The van der Waals surface area contributed by atoms with Crippen molar-refractivity contribution in [2.24, 2.45) is 24.3 Å². The zero-order chi connectivity index (χ0) is 29.4. The fourth-order valence-electron chi connectivity index (χ4n) is 5.20. The summed E-state index contributed by atoms with van der Waals surface area (Å²) < 4.78 is 45.3. The first-order chi connectivity index (χ1) is 17.9. The van der Waals surface area contributed by atoms with Gasteiger partial charge in [0.2, 0.25) is 0 Å². The number of carbonyl (C=O) groups excluding carboxylic acids is 1. The van der Waals surface area contributed by atoms with Gasteiger partial charge in [-0.05, 0) is 42.6 Å². The highest BCUT2D eigenvalue weighted by Gasteiger charge is 2.44. The lowest BCUT2D eigenvalue weighted by Crippen LogP contribution is -2.40. The van der Waals surface area contributed by atoms with Crippen LogP contribution >= 0.6 is 23.2 Å². The van der Waals surface area contributed by atoms with Gasteiger partial charge >= 0.3 is 12.1 Å². The van der Waals surface area contributed by atoms with Crippen LogP contribution in [0.15, 0.2) is 17.2 Å². The third-order valence-electron chi connectivity index (χ3n) is 7.05. The summed E-state index contributed by atoms with van der Waals surface area (Å²) >= 11 is 12.5. The minimum absolute atomic E-state index is 0.0358. The van der Waals surface area contributed by atoms with Crippen molar-refractivity contribution in [3.05, 3.63) is 49.6 Å². The molecule has 1 N–H and O–H groups in total. The van der Waals surface area contributed by atoms with E-state index in [0.29, 0.717) is 5.56 Å². The SMILES string of the molecule is C[C@H]1C[C@H](n2ncc(C(=O)N(CCc3c(Cl)cn(C)c(=O)c3Cl)CC(C)(C)C)c2C(F)(F)F)CC[C@H]1C(=O)O. The zero-order valence-electron chi connectivity index (χ0n) is 22.5. The molecular formula is C26H33Cl2F3N4O4. The van der Waals surface area contributed by atoms with Crippen LogP contribution in [0.4, 0.5) is 13.2 Å². The van der Waals surface area contributed by atoms with Crippen molar-refractivity contribution in [2.75, 3.05) is 13.1 Å². The van der Waals surface area contributed by atoms with E-state index < -0.39 is 52.2 Å². The van der Waals surface area contributed by atoms with Gasteiger partial charge in [-0.1, -0.05) is 50.9 Å². The van der Waals surface area contributed by atoms with Crippen LogP contribution in [0.1, 0.15) is 74.6 Å². The molecule has 0 radical (unpaired) electrons. The first-order valence-corrected chi connectivity index (χ1v) is 13.4. The minimum Gasteiger partial charge on any atom is -0.481 e. The van der Waals surface area contributed by atoms with E-state index in [0.717, 1.165) is 10.9 Å². The van der Waals surface area contributed by atoms with Crippen molar-refractivity contribution in [2.45, 2.75) is 65.6 Å². The average Bonchev–Trinajstić information content (AvgIpc) is 3.26. The number of hydrogen-bond donors (Lipinski definition) is 1. The number of rotatable bonds is 7. The molecular weight excluding hydrogens is 560 g/mol. The standard InChI is InChI=1S/C26H33Cl2F3N4O4/c1-14-10-15(6-7-16(14)24(38)39)35-21(26(29,30)31)18(11-32-35)22(36)34(13-25(2,3)4)9-8-17-19(27)12-33(5)23(37)20(17)28/h11-12,14-16H,6-10,13H2,1-5H3,(H,38,39)/t14-,15+,16+/m0/s1. The quantitative estimate of drug-likeness (QED) is 0.445. The van der Waals surface area contributed by atoms with Gasteiger partial charge in [-0.2, -0.15) is 18.3 Å². The predicted molar refractivity (Wildman–Crippen MR) is 141 cm³/mol. The molecule has 0 aromatic carbocycles. The van der Waals surface area contributed by atoms with Gasteiger partial charge in [-0.15, -0.1) is 0 Å². The monoisotopic (exact) mass is 592 g/mol. The smallest absolute Gasteiger partial charge is 0.433 e. The molecule has 0 saturated heterocycles. The third kappa shape index (κ3) is 6.98. The molecule has 0 aliphatic heterocycles. The van der Waals surface area contributed by atoms with Crippen LogP contribution in [-0.2, 0) is 24.4 Å². The normalized spacial score (nSPS) is 20.2. The second-order valence-electron chi connectivity index (χ2n) is 11.5. The predicted octanol–water partition coefficient (Wildman–Crippen LogP) is 5.70. The number of carbonyl (C=O) groups is 2. The molecule has 2 aromatic rings. The van der Waals surface area contributed by atoms with E-state index >= 15 is 0 Å². The van der Waals surface area contributed by atoms with Gasteiger partial charge in [0.1, 0.15) is 5.02 Å². The fourth-order valence-corrected chi connectivity index (χ4v) is 5.91. The number of aromatic nitrogens is 3. The summed E-state index contributed by atoms with van der Waals surface area (Å²) in [5.41, 5.74) is -2.36. The molecule has 39 heavy (non-hydrogen) atoms. The summed E-state index contributed by atoms with van der Waals surface area (Å²) in [7, 11) is 1.49. The number of amides is 1. The highest BCUT2D eigenvalue weighted by atomic mass is 35.5. The number of aryl methyl sites for hydroxylation is 1. The summed E-state index contributed by atoms with van der Waals surface area (Å²) in [6.45, 7) is 7.33.